The number of carbonyl (C=O) groups is 1. The molecule has 38 heavy (non-hydrogen) atoms. The monoisotopic (exact) mass is 646 g/mol. The van der Waals surface area contributed by atoms with E-state index in [0.29, 0.717) is 38.8 Å². The number of para-hydroxylation sites is 1. The first-order valence-corrected chi connectivity index (χ1v) is 14.1. The van der Waals surface area contributed by atoms with E-state index in [1.165, 1.54) is 17.3 Å². The number of rotatable bonds is 8. The predicted octanol–water partition coefficient (Wildman–Crippen LogP) is 5.64. The van der Waals surface area contributed by atoms with Crippen molar-refractivity contribution in [2.45, 2.75) is 48.4 Å². The second-order valence-electron chi connectivity index (χ2n) is 9.55. The van der Waals surface area contributed by atoms with Crippen LogP contribution in [-0.2, 0) is 20.1 Å². The zero-order chi connectivity index (χ0) is 27.3. The Balaban J connectivity index is 1.21. The molecule has 4 rings (SSSR count). The number of piperazine rings is 1. The van der Waals surface area contributed by atoms with Crippen LogP contribution in [0.4, 0.5) is 30.2 Å². The highest BCUT2D eigenvalue weighted by molar-refractivity contribution is 14.1. The third-order valence-corrected chi connectivity index (χ3v) is 7.92. The molecule has 12 heteroatoms. The number of nitro benzene ring substituents is 1. The minimum Gasteiger partial charge on any atom is -0.382 e. The van der Waals surface area contributed by atoms with E-state index in [4.69, 9.17) is 4.74 Å². The van der Waals surface area contributed by atoms with Crippen LogP contribution in [0.25, 0.3) is 0 Å². The van der Waals surface area contributed by atoms with E-state index in [9.17, 15) is 28.1 Å². The van der Waals surface area contributed by atoms with Gasteiger partial charge in [-0.2, -0.15) is 13.2 Å². The fourth-order valence-corrected chi connectivity index (χ4v) is 5.68. The zero-order valence-electron chi connectivity index (χ0n) is 20.8. The molecule has 1 amide bonds. The smallest absolute Gasteiger partial charge is 0.382 e. The van der Waals surface area contributed by atoms with Gasteiger partial charge in [-0.05, 0) is 49.4 Å². The van der Waals surface area contributed by atoms with Crippen molar-refractivity contribution in [2.24, 2.45) is 0 Å². The van der Waals surface area contributed by atoms with Gasteiger partial charge >= 0.3 is 6.18 Å². The van der Waals surface area contributed by atoms with Gasteiger partial charge < -0.3 is 19.9 Å². The topological polar surface area (TPSA) is 87.9 Å². The number of benzene rings is 2. The number of anilines is 2. The summed E-state index contributed by atoms with van der Waals surface area (Å²) in [6.07, 6.45) is -2.24. The molecule has 0 unspecified atom stereocenters. The van der Waals surface area contributed by atoms with Crippen molar-refractivity contribution < 1.29 is 27.6 Å². The van der Waals surface area contributed by atoms with Crippen LogP contribution in [0.1, 0.15) is 36.8 Å². The highest BCUT2D eigenvalue weighted by Crippen LogP contribution is 2.38. The average Bonchev–Trinajstić information content (AvgIpc) is 2.92. The lowest BCUT2D eigenvalue weighted by molar-refractivity contribution is -0.388. The molecule has 1 saturated carbocycles. The van der Waals surface area contributed by atoms with Gasteiger partial charge in [-0.15, -0.1) is 0 Å². The van der Waals surface area contributed by atoms with Gasteiger partial charge in [0.25, 0.3) is 5.69 Å². The summed E-state index contributed by atoms with van der Waals surface area (Å²) in [5.74, 6) is -0.0300. The summed E-state index contributed by atoms with van der Waals surface area (Å²) in [5.41, 5.74) is 0.479. The first-order valence-electron chi connectivity index (χ1n) is 12.6. The van der Waals surface area contributed by atoms with Gasteiger partial charge in [-0.1, -0.05) is 40.8 Å². The molecule has 8 nitrogen and oxygen atoms in total. The van der Waals surface area contributed by atoms with Gasteiger partial charge in [0, 0.05) is 54.1 Å². The van der Waals surface area contributed by atoms with Crippen LogP contribution in [0, 0.1) is 10.1 Å². The van der Waals surface area contributed by atoms with Crippen molar-refractivity contribution in [1.82, 2.24) is 4.90 Å². The maximum Gasteiger partial charge on any atom is 0.423 e. The molecule has 0 radical (unpaired) electrons. The zero-order valence-corrected chi connectivity index (χ0v) is 22.9. The summed E-state index contributed by atoms with van der Waals surface area (Å²) in [5, 5.41) is 14.0. The van der Waals surface area contributed by atoms with E-state index < -0.39 is 22.4 Å². The predicted molar refractivity (Wildman–Crippen MR) is 147 cm³/mol. The van der Waals surface area contributed by atoms with E-state index >= 15 is 0 Å². The molecule has 1 N–H and O–H groups in total. The van der Waals surface area contributed by atoms with Crippen LogP contribution < -0.4 is 10.2 Å². The lowest BCUT2D eigenvalue weighted by Gasteiger charge is -2.37. The maximum absolute atomic E-state index is 13.2. The molecule has 1 aliphatic carbocycles. The Kier molecular flexibility index (Phi) is 9.34. The number of nitrogens with zero attached hydrogens (tertiary/aromatic N) is 3. The van der Waals surface area contributed by atoms with Crippen LogP contribution in [0.2, 0.25) is 0 Å². The Morgan fingerprint density at radius 3 is 2.39 bits per heavy atom. The molecule has 0 atom stereocenters. The Hall–Kier alpha value is -2.61. The second-order valence-corrected chi connectivity index (χ2v) is 10.3. The first-order chi connectivity index (χ1) is 18.2. The highest BCUT2D eigenvalue weighted by Gasteiger charge is 2.38. The Morgan fingerprint density at radius 2 is 1.76 bits per heavy atom. The quantitative estimate of drug-likeness (QED) is 0.173. The summed E-state index contributed by atoms with van der Waals surface area (Å²) in [4.78, 5) is 26.8. The lowest BCUT2D eigenvalue weighted by Crippen LogP contribution is -2.50. The highest BCUT2D eigenvalue weighted by atomic mass is 127. The average molecular weight is 646 g/mol. The molecule has 2 aromatic rings. The summed E-state index contributed by atoms with van der Waals surface area (Å²) < 4.78 is 46.6. The summed E-state index contributed by atoms with van der Waals surface area (Å²) >= 11 is 2.36. The van der Waals surface area contributed by atoms with E-state index in [2.05, 4.69) is 44.9 Å². The third kappa shape index (κ3) is 7.07. The number of ether oxygens (including phenoxy) is 1. The van der Waals surface area contributed by atoms with Crippen molar-refractivity contribution in [3.05, 3.63) is 63.7 Å². The van der Waals surface area contributed by atoms with E-state index in [1.54, 1.807) is 0 Å². The molecule has 0 aromatic heterocycles. The van der Waals surface area contributed by atoms with Crippen molar-refractivity contribution in [2.75, 3.05) is 43.0 Å². The molecule has 0 spiro atoms. The standard InChI is InChI=1S/C26H30F3IN4O4/c27-26(28,29)22-15-20(7-10-24(22)34(36)37)31-19-5-8-21(9-6-19)38-17-25(35)33-13-11-32(12-14-33)23-4-2-1-3-18(23)16-30/h1-4,7,10,15,19,21,31H,5-6,8-9,11-14,16-17H2. The van der Waals surface area contributed by atoms with E-state index in [-0.39, 0.29) is 30.3 Å². The minimum absolute atomic E-state index is 0.0182. The van der Waals surface area contributed by atoms with Gasteiger partial charge in [-0.25, -0.2) is 0 Å². The lowest BCUT2D eigenvalue weighted by atomic mass is 9.92. The maximum atomic E-state index is 13.2. The summed E-state index contributed by atoms with van der Waals surface area (Å²) in [6.45, 7) is 2.85. The van der Waals surface area contributed by atoms with Crippen molar-refractivity contribution in [3.63, 3.8) is 0 Å². The molecular weight excluding hydrogens is 616 g/mol. The first kappa shape index (κ1) is 28.4. The molecule has 1 aliphatic heterocycles. The van der Waals surface area contributed by atoms with Gasteiger partial charge in [0.05, 0.1) is 11.0 Å². The molecule has 1 heterocycles. The number of alkyl halides is 4. The molecule has 2 aliphatic rings. The van der Waals surface area contributed by atoms with Crippen LogP contribution in [0.3, 0.4) is 0 Å². The van der Waals surface area contributed by atoms with Crippen LogP contribution in [-0.4, -0.2) is 60.7 Å². The Bertz CT molecular complexity index is 1130. The van der Waals surface area contributed by atoms with Crippen LogP contribution in [0.5, 0.6) is 0 Å². The van der Waals surface area contributed by atoms with E-state index in [0.717, 1.165) is 29.6 Å². The van der Waals surface area contributed by atoms with Gasteiger partial charge in [0.2, 0.25) is 5.91 Å². The summed E-state index contributed by atoms with van der Waals surface area (Å²) in [6, 6.07) is 11.2. The Morgan fingerprint density at radius 1 is 1.08 bits per heavy atom. The minimum atomic E-state index is -4.82. The molecule has 2 aromatic carbocycles. The number of amides is 1. The van der Waals surface area contributed by atoms with Gasteiger partial charge in [-0.3, -0.25) is 14.9 Å². The third-order valence-electron chi connectivity index (χ3n) is 7.09. The number of nitrogens with one attached hydrogen (secondary N) is 1. The molecule has 0 bridgehead atoms. The van der Waals surface area contributed by atoms with Crippen LogP contribution >= 0.6 is 22.6 Å². The SMILES string of the molecule is O=C(COC1CCC(Nc2ccc([N+](=O)[O-])c(C(F)(F)F)c2)CC1)N1CCN(c2ccccc2CI)CC1. The fraction of sp³-hybridized carbons (Fsp3) is 0.500. The van der Waals surface area contributed by atoms with Gasteiger partial charge in [0.15, 0.2) is 0 Å². The number of carbonyl (C=O) groups excluding carboxylic acids is 1. The second kappa shape index (κ2) is 12.5. The number of nitro groups is 1. The Labute approximate surface area is 232 Å². The van der Waals surface area contributed by atoms with Crippen molar-refractivity contribution >= 4 is 45.6 Å². The number of hydrogen-bond donors (Lipinski definition) is 1. The van der Waals surface area contributed by atoms with Crippen molar-refractivity contribution in [3.8, 4) is 0 Å². The molecular formula is C26H30F3IN4O4. The molecule has 206 valence electrons. The van der Waals surface area contributed by atoms with Crippen molar-refractivity contribution in [1.29, 1.82) is 0 Å². The molecule has 2 fully saturated rings. The number of halogens is 4. The summed E-state index contributed by atoms with van der Waals surface area (Å²) in [7, 11) is 0. The van der Waals surface area contributed by atoms with Gasteiger partial charge in [0.1, 0.15) is 12.2 Å². The normalized spacial score (nSPS) is 20.3. The largest absolute Gasteiger partial charge is 0.423 e. The number of hydrogen-bond acceptors (Lipinski definition) is 6. The fourth-order valence-electron chi connectivity index (χ4n) is 5.03. The van der Waals surface area contributed by atoms with E-state index in [1.807, 2.05) is 17.0 Å². The molecule has 1 saturated heterocycles. The van der Waals surface area contributed by atoms with Crippen LogP contribution in [0.15, 0.2) is 42.5 Å².